The number of alkyl halides is 3. The molecule has 0 radical (unpaired) electrons. The Morgan fingerprint density at radius 3 is 2.55 bits per heavy atom. The normalized spacial score (nSPS) is 12.0. The van der Waals surface area contributed by atoms with Crippen molar-refractivity contribution in [2.75, 3.05) is 18.5 Å². The summed E-state index contributed by atoms with van der Waals surface area (Å²) in [6, 6.07) is 5.58. The summed E-state index contributed by atoms with van der Waals surface area (Å²) in [5, 5.41) is 2.57. The van der Waals surface area contributed by atoms with E-state index in [1.165, 1.54) is 18.2 Å². The Bertz CT molecular complexity index is 482. The van der Waals surface area contributed by atoms with Crippen LogP contribution < -0.4 is 15.8 Å². The first-order valence-electron chi connectivity index (χ1n) is 6.31. The lowest BCUT2D eigenvalue weighted by Gasteiger charge is -2.14. The molecule has 1 aromatic carbocycles. The Morgan fingerprint density at radius 2 is 1.95 bits per heavy atom. The molecule has 126 valence electrons. The van der Waals surface area contributed by atoms with E-state index < -0.39 is 6.36 Å². The average Bonchev–Trinajstić information content (AvgIpc) is 2.35. The number of nitrogens with zero attached hydrogens (tertiary/aromatic N) is 1. The number of hydrogen-bond acceptors (Lipinski definition) is 3. The van der Waals surface area contributed by atoms with Crippen LogP contribution >= 0.6 is 24.0 Å². The van der Waals surface area contributed by atoms with Gasteiger partial charge < -0.3 is 20.5 Å². The van der Waals surface area contributed by atoms with Gasteiger partial charge in [-0.05, 0) is 26.0 Å². The maximum absolute atomic E-state index is 12.3. The van der Waals surface area contributed by atoms with Gasteiger partial charge in [0.2, 0.25) is 0 Å². The quantitative estimate of drug-likeness (QED) is 0.313. The molecule has 0 spiro atoms. The van der Waals surface area contributed by atoms with Crippen LogP contribution in [0.2, 0.25) is 0 Å². The zero-order chi connectivity index (χ0) is 15.9. The standard InChI is InChI=1S/C13H18F3N3O2.HI/c1-9(2)20-8-7-18-12(17)19-10-5-3-4-6-11(10)21-13(14,15)16;/h3-6,9H,7-8H2,1-2H3,(H3,17,18,19);1H. The SMILES string of the molecule is CC(C)OCCN=C(N)Nc1ccccc1OC(F)(F)F.I. The second kappa shape index (κ2) is 9.72. The number of aliphatic imine (C=N–C) groups is 1. The third-order valence-corrected chi connectivity index (χ3v) is 2.20. The molecule has 0 saturated carbocycles. The topological polar surface area (TPSA) is 68.9 Å². The van der Waals surface area contributed by atoms with Gasteiger partial charge in [0.05, 0.1) is 24.9 Å². The van der Waals surface area contributed by atoms with Crippen molar-refractivity contribution < 1.29 is 22.6 Å². The number of guanidine groups is 1. The van der Waals surface area contributed by atoms with Crippen LogP contribution in [0.3, 0.4) is 0 Å². The van der Waals surface area contributed by atoms with Gasteiger partial charge in [-0.1, -0.05) is 12.1 Å². The van der Waals surface area contributed by atoms with E-state index in [2.05, 4.69) is 15.0 Å². The van der Waals surface area contributed by atoms with E-state index in [9.17, 15) is 13.2 Å². The fourth-order valence-corrected chi connectivity index (χ4v) is 1.42. The monoisotopic (exact) mass is 433 g/mol. The third-order valence-electron chi connectivity index (χ3n) is 2.20. The number of para-hydroxylation sites is 2. The van der Waals surface area contributed by atoms with Crippen molar-refractivity contribution in [1.82, 2.24) is 0 Å². The van der Waals surface area contributed by atoms with E-state index in [0.717, 1.165) is 0 Å². The highest BCUT2D eigenvalue weighted by molar-refractivity contribution is 14.0. The molecule has 0 unspecified atom stereocenters. The van der Waals surface area contributed by atoms with Crippen molar-refractivity contribution in [3.05, 3.63) is 24.3 Å². The van der Waals surface area contributed by atoms with Gasteiger partial charge in [0.25, 0.3) is 0 Å². The molecule has 1 aromatic rings. The Kier molecular flexibility index (Phi) is 9.18. The fraction of sp³-hybridized carbons (Fsp3) is 0.462. The molecule has 0 atom stereocenters. The summed E-state index contributed by atoms with van der Waals surface area (Å²) in [5.74, 6) is -0.387. The number of ether oxygens (including phenoxy) is 2. The molecule has 0 fully saturated rings. The van der Waals surface area contributed by atoms with Gasteiger partial charge in [-0.2, -0.15) is 0 Å². The number of hydrogen-bond donors (Lipinski definition) is 2. The maximum atomic E-state index is 12.3. The number of rotatable bonds is 6. The van der Waals surface area contributed by atoms with E-state index in [1.54, 1.807) is 6.07 Å². The van der Waals surface area contributed by atoms with Crippen molar-refractivity contribution in [3.63, 3.8) is 0 Å². The largest absolute Gasteiger partial charge is 0.573 e. The highest BCUT2D eigenvalue weighted by Crippen LogP contribution is 2.29. The zero-order valence-electron chi connectivity index (χ0n) is 12.2. The number of halogens is 4. The van der Waals surface area contributed by atoms with Gasteiger partial charge in [-0.15, -0.1) is 37.1 Å². The molecule has 0 aliphatic rings. The van der Waals surface area contributed by atoms with Crippen LogP contribution in [0.4, 0.5) is 18.9 Å². The Morgan fingerprint density at radius 1 is 1.32 bits per heavy atom. The van der Waals surface area contributed by atoms with Crippen molar-refractivity contribution in [2.45, 2.75) is 26.3 Å². The van der Waals surface area contributed by atoms with Crippen molar-refractivity contribution in [3.8, 4) is 5.75 Å². The van der Waals surface area contributed by atoms with Crippen LogP contribution in [-0.4, -0.2) is 31.6 Å². The minimum Gasteiger partial charge on any atom is -0.404 e. The number of benzene rings is 1. The summed E-state index contributed by atoms with van der Waals surface area (Å²) in [6.07, 6.45) is -4.69. The zero-order valence-corrected chi connectivity index (χ0v) is 14.5. The predicted molar refractivity (Wildman–Crippen MR) is 89.7 cm³/mol. The second-order valence-electron chi connectivity index (χ2n) is 4.36. The van der Waals surface area contributed by atoms with E-state index in [0.29, 0.717) is 13.2 Å². The van der Waals surface area contributed by atoms with Crippen LogP contribution in [0.5, 0.6) is 5.75 Å². The average molecular weight is 433 g/mol. The van der Waals surface area contributed by atoms with Gasteiger partial charge in [-0.25, -0.2) is 0 Å². The molecule has 5 nitrogen and oxygen atoms in total. The minimum atomic E-state index is -4.77. The van der Waals surface area contributed by atoms with Gasteiger partial charge in [0.1, 0.15) is 0 Å². The number of nitrogens with two attached hydrogens (primary N) is 1. The molecule has 0 amide bonds. The van der Waals surface area contributed by atoms with Crippen LogP contribution in [0.15, 0.2) is 29.3 Å². The summed E-state index contributed by atoms with van der Waals surface area (Å²) < 4.78 is 45.9. The first-order valence-corrected chi connectivity index (χ1v) is 6.31. The lowest BCUT2D eigenvalue weighted by atomic mass is 10.3. The fourth-order valence-electron chi connectivity index (χ4n) is 1.42. The molecule has 0 aliphatic heterocycles. The minimum absolute atomic E-state index is 0. The van der Waals surface area contributed by atoms with Crippen molar-refractivity contribution in [2.24, 2.45) is 10.7 Å². The summed E-state index contributed by atoms with van der Waals surface area (Å²) in [6.45, 7) is 4.45. The van der Waals surface area contributed by atoms with Gasteiger partial charge >= 0.3 is 6.36 Å². The second-order valence-corrected chi connectivity index (χ2v) is 4.36. The molecule has 22 heavy (non-hydrogen) atoms. The highest BCUT2D eigenvalue weighted by Gasteiger charge is 2.32. The molecular weight excluding hydrogens is 414 g/mol. The Labute approximate surface area is 144 Å². The van der Waals surface area contributed by atoms with Crippen LogP contribution in [-0.2, 0) is 4.74 Å². The van der Waals surface area contributed by atoms with Crippen LogP contribution in [0.1, 0.15) is 13.8 Å². The smallest absolute Gasteiger partial charge is 0.404 e. The Hall–Kier alpha value is -1.23. The third kappa shape index (κ3) is 8.93. The molecule has 3 N–H and O–H groups in total. The van der Waals surface area contributed by atoms with Crippen molar-refractivity contribution >= 4 is 35.6 Å². The summed E-state index contributed by atoms with van der Waals surface area (Å²) in [4.78, 5) is 3.95. The molecule has 0 aromatic heterocycles. The summed E-state index contributed by atoms with van der Waals surface area (Å²) in [5.41, 5.74) is 5.69. The predicted octanol–water partition coefficient (Wildman–Crippen LogP) is 3.35. The molecule has 0 aliphatic carbocycles. The molecule has 0 saturated heterocycles. The first-order chi connectivity index (χ1) is 9.78. The Balaban J connectivity index is 0.00000441. The van der Waals surface area contributed by atoms with E-state index >= 15 is 0 Å². The van der Waals surface area contributed by atoms with Crippen molar-refractivity contribution in [1.29, 1.82) is 0 Å². The lowest BCUT2D eigenvalue weighted by molar-refractivity contribution is -0.274. The molecule has 9 heteroatoms. The van der Waals surface area contributed by atoms with Gasteiger partial charge in [0.15, 0.2) is 11.7 Å². The maximum Gasteiger partial charge on any atom is 0.573 e. The first kappa shape index (κ1) is 20.8. The van der Waals surface area contributed by atoms with E-state index in [1.807, 2.05) is 13.8 Å². The molecular formula is C13H19F3IN3O2. The summed E-state index contributed by atoms with van der Waals surface area (Å²) in [7, 11) is 0. The number of nitrogens with one attached hydrogen (secondary N) is 1. The molecule has 1 rings (SSSR count). The van der Waals surface area contributed by atoms with Gasteiger partial charge in [-0.3, -0.25) is 4.99 Å². The van der Waals surface area contributed by atoms with Crippen LogP contribution in [0, 0.1) is 0 Å². The van der Waals surface area contributed by atoms with E-state index in [4.69, 9.17) is 10.5 Å². The van der Waals surface area contributed by atoms with Crippen LogP contribution in [0.25, 0.3) is 0 Å². The summed E-state index contributed by atoms with van der Waals surface area (Å²) >= 11 is 0. The number of anilines is 1. The molecule has 0 bridgehead atoms. The molecule has 0 heterocycles. The highest BCUT2D eigenvalue weighted by atomic mass is 127. The lowest BCUT2D eigenvalue weighted by Crippen LogP contribution is -2.25. The van der Waals surface area contributed by atoms with Gasteiger partial charge in [0, 0.05) is 0 Å². The van der Waals surface area contributed by atoms with E-state index in [-0.39, 0.29) is 47.5 Å².